The van der Waals surface area contributed by atoms with E-state index in [9.17, 15) is 13.2 Å². The van der Waals surface area contributed by atoms with E-state index < -0.39 is 16.1 Å². The monoisotopic (exact) mass is 372 g/mol. The van der Waals surface area contributed by atoms with Gasteiger partial charge in [0.1, 0.15) is 10.6 Å². The van der Waals surface area contributed by atoms with E-state index in [1.807, 2.05) is 18.2 Å². The van der Waals surface area contributed by atoms with Crippen LogP contribution in [0.2, 0.25) is 0 Å². The van der Waals surface area contributed by atoms with Crippen LogP contribution >= 0.6 is 0 Å². The number of aromatic nitrogens is 2. The van der Waals surface area contributed by atoms with Gasteiger partial charge in [0.25, 0.3) is 0 Å². The first kappa shape index (κ1) is 17.7. The van der Waals surface area contributed by atoms with Crippen LogP contribution in [0.15, 0.2) is 71.9 Å². The second kappa shape index (κ2) is 7.40. The lowest BCUT2D eigenvalue weighted by Gasteiger charge is -2.06. The molecular weight excluding hydrogens is 356 g/mol. The van der Waals surface area contributed by atoms with Crippen molar-refractivity contribution in [1.82, 2.24) is 9.78 Å². The highest BCUT2D eigenvalue weighted by Gasteiger charge is 2.20. The molecule has 134 valence electrons. The van der Waals surface area contributed by atoms with Crippen LogP contribution in [0.5, 0.6) is 5.75 Å². The van der Waals surface area contributed by atoms with E-state index in [1.54, 1.807) is 19.1 Å². The lowest BCUT2D eigenvalue weighted by atomic mass is 10.2. The Morgan fingerprint density at radius 1 is 1.08 bits per heavy atom. The Morgan fingerprint density at radius 3 is 2.42 bits per heavy atom. The Balaban J connectivity index is 1.77. The number of nitrogens with zero attached hydrogens (tertiary/aromatic N) is 2. The van der Waals surface area contributed by atoms with Gasteiger partial charge in [-0.1, -0.05) is 18.2 Å². The zero-order valence-electron chi connectivity index (χ0n) is 13.9. The minimum absolute atomic E-state index is 0.0733. The fraction of sp³-hybridized carbons (Fsp3) is 0.111. The number of hydrogen-bond donors (Lipinski definition) is 0. The molecule has 0 amide bonds. The van der Waals surface area contributed by atoms with Gasteiger partial charge in [0, 0.05) is 0 Å². The molecule has 0 aliphatic heterocycles. The molecule has 0 spiro atoms. The van der Waals surface area contributed by atoms with Crippen molar-refractivity contribution in [3.05, 3.63) is 72.6 Å². The fourth-order valence-electron chi connectivity index (χ4n) is 2.19. The number of benzene rings is 2. The number of para-hydroxylation sites is 1. The molecule has 0 aliphatic rings. The van der Waals surface area contributed by atoms with E-state index >= 15 is 0 Å². The van der Waals surface area contributed by atoms with E-state index in [0.29, 0.717) is 5.56 Å². The summed E-state index contributed by atoms with van der Waals surface area (Å²) in [5, 5.41) is 4.05. The molecule has 0 bridgehead atoms. The van der Waals surface area contributed by atoms with Gasteiger partial charge in [-0.15, -0.1) is 0 Å². The van der Waals surface area contributed by atoms with Gasteiger partial charge in [-0.2, -0.15) is 13.5 Å². The predicted octanol–water partition coefficient (Wildman–Crippen LogP) is 2.82. The third-order valence-electron chi connectivity index (χ3n) is 3.44. The smallest absolute Gasteiger partial charge is 0.342 e. The standard InChI is InChI=1S/C18H16N2O5S/c1-2-24-18(21)14-8-10-16(11-9-14)25-26(22,23)17-12-19-20(13-17)15-6-4-3-5-7-15/h3-13H,2H2,1H3. The van der Waals surface area contributed by atoms with Gasteiger partial charge in [-0.25, -0.2) is 9.48 Å². The molecule has 0 radical (unpaired) electrons. The maximum absolute atomic E-state index is 12.4. The van der Waals surface area contributed by atoms with E-state index in [-0.39, 0.29) is 17.3 Å². The summed E-state index contributed by atoms with van der Waals surface area (Å²) in [4.78, 5) is 11.5. The average Bonchev–Trinajstić information content (AvgIpc) is 3.14. The van der Waals surface area contributed by atoms with Gasteiger partial charge in [-0.05, 0) is 43.3 Å². The molecule has 3 aromatic rings. The largest absolute Gasteiger partial charge is 0.462 e. The second-order valence-electron chi connectivity index (χ2n) is 5.24. The summed E-state index contributed by atoms with van der Waals surface area (Å²) in [6, 6.07) is 14.8. The zero-order valence-corrected chi connectivity index (χ0v) is 14.7. The van der Waals surface area contributed by atoms with Gasteiger partial charge in [-0.3, -0.25) is 0 Å². The van der Waals surface area contributed by atoms with Crippen molar-refractivity contribution in [2.24, 2.45) is 0 Å². The average molecular weight is 372 g/mol. The molecule has 3 rings (SSSR count). The third kappa shape index (κ3) is 3.92. The molecule has 0 saturated heterocycles. The lowest BCUT2D eigenvalue weighted by molar-refractivity contribution is 0.0526. The zero-order chi connectivity index (χ0) is 18.6. The number of esters is 1. The third-order valence-corrected chi connectivity index (χ3v) is 4.64. The minimum Gasteiger partial charge on any atom is -0.462 e. The van der Waals surface area contributed by atoms with Gasteiger partial charge < -0.3 is 8.92 Å². The maximum Gasteiger partial charge on any atom is 0.342 e. The van der Waals surface area contributed by atoms with E-state index in [4.69, 9.17) is 8.92 Å². The van der Waals surface area contributed by atoms with Gasteiger partial charge in [0.05, 0.1) is 30.3 Å². The van der Waals surface area contributed by atoms with E-state index in [2.05, 4.69) is 5.10 Å². The molecule has 0 saturated carbocycles. The van der Waals surface area contributed by atoms with E-state index in [1.165, 1.54) is 41.3 Å². The summed E-state index contributed by atoms with van der Waals surface area (Å²) >= 11 is 0. The van der Waals surface area contributed by atoms with Crippen molar-refractivity contribution in [3.63, 3.8) is 0 Å². The summed E-state index contributed by atoms with van der Waals surface area (Å²) in [5.41, 5.74) is 1.04. The van der Waals surface area contributed by atoms with Crippen molar-refractivity contribution >= 4 is 16.1 Å². The first-order valence-corrected chi connectivity index (χ1v) is 9.22. The molecule has 1 heterocycles. The number of carbonyl (C=O) groups excluding carboxylic acids is 1. The molecule has 1 aromatic heterocycles. The first-order chi connectivity index (χ1) is 12.5. The Labute approximate surface area is 150 Å². The SMILES string of the molecule is CCOC(=O)c1ccc(OS(=O)(=O)c2cnn(-c3ccccc3)c2)cc1. The highest BCUT2D eigenvalue weighted by molar-refractivity contribution is 7.87. The van der Waals surface area contributed by atoms with Gasteiger partial charge in [0.15, 0.2) is 0 Å². The Bertz CT molecular complexity index is 996. The normalized spacial score (nSPS) is 11.1. The van der Waals surface area contributed by atoms with Crippen LogP contribution in [0.4, 0.5) is 0 Å². The van der Waals surface area contributed by atoms with Crippen LogP contribution in [-0.2, 0) is 14.9 Å². The molecule has 7 nitrogen and oxygen atoms in total. The molecule has 0 unspecified atom stereocenters. The van der Waals surface area contributed by atoms with Crippen molar-refractivity contribution in [3.8, 4) is 11.4 Å². The quantitative estimate of drug-likeness (QED) is 0.488. The van der Waals surface area contributed by atoms with Crippen LogP contribution in [0.3, 0.4) is 0 Å². The second-order valence-corrected chi connectivity index (χ2v) is 6.78. The molecule has 0 aliphatic carbocycles. The first-order valence-electron chi connectivity index (χ1n) is 7.81. The van der Waals surface area contributed by atoms with Crippen LogP contribution in [0.1, 0.15) is 17.3 Å². The Morgan fingerprint density at radius 2 is 1.77 bits per heavy atom. The van der Waals surface area contributed by atoms with Crippen LogP contribution in [0.25, 0.3) is 5.69 Å². The van der Waals surface area contributed by atoms with Crippen molar-refractivity contribution < 1.29 is 22.1 Å². The summed E-state index contributed by atoms with van der Waals surface area (Å²) < 4.78 is 36.2. The fourth-order valence-corrected chi connectivity index (χ4v) is 3.06. The Kier molecular flexibility index (Phi) is 5.04. The molecule has 2 aromatic carbocycles. The van der Waals surface area contributed by atoms with Gasteiger partial charge in [0.2, 0.25) is 0 Å². The summed E-state index contributed by atoms with van der Waals surface area (Å²) in [6.45, 7) is 1.97. The number of hydrogen-bond acceptors (Lipinski definition) is 6. The van der Waals surface area contributed by atoms with Crippen LogP contribution in [0, 0.1) is 0 Å². The molecule has 26 heavy (non-hydrogen) atoms. The molecule has 0 atom stereocenters. The van der Waals surface area contributed by atoms with Crippen LogP contribution < -0.4 is 4.18 Å². The number of ether oxygens (including phenoxy) is 1. The van der Waals surface area contributed by atoms with Crippen LogP contribution in [-0.4, -0.2) is 30.8 Å². The number of rotatable bonds is 6. The summed E-state index contributed by atoms with van der Waals surface area (Å²) in [6.07, 6.45) is 2.59. The molecular formula is C18H16N2O5S. The summed E-state index contributed by atoms with van der Waals surface area (Å²) in [7, 11) is -4.04. The topological polar surface area (TPSA) is 87.5 Å². The predicted molar refractivity (Wildman–Crippen MR) is 93.8 cm³/mol. The highest BCUT2D eigenvalue weighted by Crippen LogP contribution is 2.20. The van der Waals surface area contributed by atoms with E-state index in [0.717, 1.165) is 5.69 Å². The Hall–Kier alpha value is -3.13. The summed E-state index contributed by atoms with van der Waals surface area (Å²) in [5.74, 6) is -0.392. The van der Waals surface area contributed by atoms with Crippen molar-refractivity contribution in [2.45, 2.75) is 11.8 Å². The van der Waals surface area contributed by atoms with Gasteiger partial charge >= 0.3 is 16.1 Å². The molecule has 0 N–H and O–H groups in total. The molecule has 0 fully saturated rings. The lowest BCUT2D eigenvalue weighted by Crippen LogP contribution is -2.09. The maximum atomic E-state index is 12.4. The van der Waals surface area contributed by atoms with Crippen molar-refractivity contribution in [1.29, 1.82) is 0 Å². The molecule has 8 heteroatoms. The highest BCUT2D eigenvalue weighted by atomic mass is 32.2. The van der Waals surface area contributed by atoms with Crippen molar-refractivity contribution in [2.75, 3.05) is 6.61 Å². The minimum atomic E-state index is -4.04. The number of carbonyl (C=O) groups is 1.